The Morgan fingerprint density at radius 3 is 2.03 bits per heavy atom. The summed E-state index contributed by atoms with van der Waals surface area (Å²) >= 11 is 0. The lowest BCUT2D eigenvalue weighted by Crippen LogP contribution is -2.19. The van der Waals surface area contributed by atoms with Gasteiger partial charge in [0.2, 0.25) is 0 Å². The van der Waals surface area contributed by atoms with E-state index in [-0.39, 0.29) is 16.9 Å². The number of rotatable bonds is 5. The number of aromatic hydroxyl groups is 2. The molecule has 1 aromatic rings. The molecule has 0 unspecified atom stereocenters. The van der Waals surface area contributed by atoms with Crippen molar-refractivity contribution in [3.05, 3.63) is 83.0 Å². The van der Waals surface area contributed by atoms with Crippen LogP contribution < -0.4 is 0 Å². The number of benzene rings is 1. The summed E-state index contributed by atoms with van der Waals surface area (Å²) in [6, 6.07) is 5.70. The highest BCUT2D eigenvalue weighted by Gasteiger charge is 2.26. The van der Waals surface area contributed by atoms with Gasteiger partial charge in [-0.2, -0.15) is 0 Å². The van der Waals surface area contributed by atoms with E-state index in [2.05, 4.69) is 45.9 Å². The SMILES string of the molecule is CC(C=CC=C(C)C=CC1=C(C)CCCC1(C)C)=CC=O.Oc1ccc(O)cc1. The molecule has 1 aliphatic carbocycles. The van der Waals surface area contributed by atoms with Crippen molar-refractivity contribution in [1.29, 1.82) is 0 Å². The Kier molecular flexibility index (Phi) is 9.94. The van der Waals surface area contributed by atoms with Crippen LogP contribution in [-0.4, -0.2) is 16.5 Å². The molecular formula is C26H34O3. The van der Waals surface area contributed by atoms with Crippen LogP contribution >= 0.6 is 0 Å². The van der Waals surface area contributed by atoms with Gasteiger partial charge in [-0.25, -0.2) is 0 Å². The molecule has 0 heterocycles. The van der Waals surface area contributed by atoms with E-state index < -0.39 is 0 Å². The highest BCUT2D eigenvalue weighted by Crippen LogP contribution is 2.40. The maximum atomic E-state index is 10.3. The first-order chi connectivity index (χ1) is 13.7. The second-order valence-corrected chi connectivity index (χ2v) is 8.10. The van der Waals surface area contributed by atoms with Crippen molar-refractivity contribution in [2.45, 2.75) is 53.9 Å². The molecule has 0 amide bonds. The lowest BCUT2D eigenvalue weighted by Gasteiger charge is -2.32. The van der Waals surface area contributed by atoms with Crippen LogP contribution in [0.1, 0.15) is 53.9 Å². The number of carbonyl (C=O) groups is 1. The summed E-state index contributed by atoms with van der Waals surface area (Å²) in [6.07, 6.45) is 16.6. The number of aldehydes is 1. The van der Waals surface area contributed by atoms with Crippen LogP contribution in [0.2, 0.25) is 0 Å². The molecule has 2 rings (SSSR count). The quantitative estimate of drug-likeness (QED) is 0.249. The molecule has 0 saturated heterocycles. The maximum absolute atomic E-state index is 10.3. The minimum absolute atomic E-state index is 0.169. The lowest BCUT2D eigenvalue weighted by molar-refractivity contribution is -0.104. The molecule has 3 nitrogen and oxygen atoms in total. The minimum Gasteiger partial charge on any atom is -0.508 e. The molecule has 0 atom stereocenters. The molecule has 156 valence electrons. The molecule has 1 aromatic carbocycles. The third-order valence-electron chi connectivity index (χ3n) is 4.95. The number of allylic oxidation sites excluding steroid dienone is 10. The number of phenolic OH excluding ortho intramolecular Hbond substituents is 2. The third-order valence-corrected chi connectivity index (χ3v) is 4.95. The van der Waals surface area contributed by atoms with E-state index in [1.54, 1.807) is 6.08 Å². The van der Waals surface area contributed by atoms with Crippen LogP contribution in [0, 0.1) is 5.41 Å². The molecule has 0 aromatic heterocycles. The van der Waals surface area contributed by atoms with E-state index in [0.717, 1.165) is 11.9 Å². The fourth-order valence-electron chi connectivity index (χ4n) is 3.25. The van der Waals surface area contributed by atoms with Gasteiger partial charge in [0.1, 0.15) is 17.8 Å². The van der Waals surface area contributed by atoms with Crippen LogP contribution in [0.3, 0.4) is 0 Å². The van der Waals surface area contributed by atoms with Gasteiger partial charge >= 0.3 is 0 Å². The highest BCUT2D eigenvalue weighted by atomic mass is 16.3. The second kappa shape index (κ2) is 11.9. The van der Waals surface area contributed by atoms with Crippen molar-refractivity contribution in [3.63, 3.8) is 0 Å². The van der Waals surface area contributed by atoms with Crippen LogP contribution in [0.5, 0.6) is 11.5 Å². The summed E-state index contributed by atoms with van der Waals surface area (Å²) in [7, 11) is 0. The monoisotopic (exact) mass is 394 g/mol. The van der Waals surface area contributed by atoms with Crippen molar-refractivity contribution in [2.75, 3.05) is 0 Å². The summed E-state index contributed by atoms with van der Waals surface area (Å²) < 4.78 is 0. The average Bonchev–Trinajstić information content (AvgIpc) is 2.64. The van der Waals surface area contributed by atoms with Crippen LogP contribution in [0.25, 0.3) is 0 Å². The van der Waals surface area contributed by atoms with Gasteiger partial charge in [-0.15, -0.1) is 0 Å². The van der Waals surface area contributed by atoms with Gasteiger partial charge in [0, 0.05) is 0 Å². The fraction of sp³-hybridized carbons (Fsp3) is 0.346. The zero-order chi connectivity index (χ0) is 21.9. The highest BCUT2D eigenvalue weighted by molar-refractivity contribution is 5.66. The predicted octanol–water partition coefficient (Wildman–Crippen LogP) is 6.81. The Hall–Kier alpha value is -2.81. The molecule has 1 aliphatic rings. The van der Waals surface area contributed by atoms with Crippen molar-refractivity contribution >= 4 is 6.29 Å². The predicted molar refractivity (Wildman–Crippen MR) is 122 cm³/mol. The van der Waals surface area contributed by atoms with E-state index in [4.69, 9.17) is 10.2 Å². The fourth-order valence-corrected chi connectivity index (χ4v) is 3.25. The van der Waals surface area contributed by atoms with Crippen molar-refractivity contribution in [3.8, 4) is 11.5 Å². The zero-order valence-corrected chi connectivity index (χ0v) is 18.3. The van der Waals surface area contributed by atoms with E-state index >= 15 is 0 Å². The molecular weight excluding hydrogens is 360 g/mol. The number of hydrogen-bond donors (Lipinski definition) is 2. The van der Waals surface area contributed by atoms with Gasteiger partial charge in [-0.05, 0) is 86.9 Å². The molecule has 0 bridgehead atoms. The molecule has 0 aliphatic heterocycles. The molecule has 0 fully saturated rings. The summed E-state index contributed by atoms with van der Waals surface area (Å²) in [6.45, 7) is 10.9. The Balaban J connectivity index is 0.000000436. The Bertz CT molecular complexity index is 795. The van der Waals surface area contributed by atoms with Gasteiger partial charge in [-0.3, -0.25) is 4.79 Å². The summed E-state index contributed by atoms with van der Waals surface area (Å²) in [4.78, 5) is 10.3. The van der Waals surface area contributed by atoms with Crippen LogP contribution in [0.4, 0.5) is 0 Å². The maximum Gasteiger partial charge on any atom is 0.143 e. The standard InChI is InChI=1S/C20H28O.C6H6O2/c1-16(8-6-9-17(2)13-15-21)11-12-19-18(3)10-7-14-20(19,4)5;7-5-1-2-6(8)4-3-5/h6,8-9,11-13,15H,7,10,14H2,1-5H3;1-4,7-8H. The van der Waals surface area contributed by atoms with Crippen molar-refractivity contribution in [2.24, 2.45) is 5.41 Å². The third kappa shape index (κ3) is 9.29. The van der Waals surface area contributed by atoms with Crippen molar-refractivity contribution < 1.29 is 15.0 Å². The number of hydrogen-bond acceptors (Lipinski definition) is 3. The van der Waals surface area contributed by atoms with Gasteiger partial charge in [0.25, 0.3) is 0 Å². The Morgan fingerprint density at radius 1 is 0.966 bits per heavy atom. The first kappa shape index (κ1) is 24.2. The first-order valence-electron chi connectivity index (χ1n) is 9.99. The van der Waals surface area contributed by atoms with Gasteiger partial charge in [0.05, 0.1) is 0 Å². The number of carbonyl (C=O) groups excluding carboxylic acids is 1. The minimum atomic E-state index is 0.169. The van der Waals surface area contributed by atoms with E-state index in [9.17, 15) is 4.79 Å². The van der Waals surface area contributed by atoms with E-state index in [1.807, 2.05) is 19.1 Å². The van der Waals surface area contributed by atoms with Gasteiger partial charge < -0.3 is 10.2 Å². The molecule has 0 saturated carbocycles. The summed E-state index contributed by atoms with van der Waals surface area (Å²) in [5, 5.41) is 17.3. The molecule has 29 heavy (non-hydrogen) atoms. The first-order valence-corrected chi connectivity index (χ1v) is 9.99. The molecule has 0 spiro atoms. The Labute approximate surface area is 175 Å². The van der Waals surface area contributed by atoms with Crippen LogP contribution in [-0.2, 0) is 4.79 Å². The molecule has 3 heteroatoms. The van der Waals surface area contributed by atoms with E-state index in [0.29, 0.717) is 0 Å². The largest absolute Gasteiger partial charge is 0.508 e. The zero-order valence-electron chi connectivity index (χ0n) is 18.3. The average molecular weight is 395 g/mol. The normalized spacial score (nSPS) is 17.4. The summed E-state index contributed by atoms with van der Waals surface area (Å²) in [5.41, 5.74) is 5.48. The number of phenols is 2. The van der Waals surface area contributed by atoms with Gasteiger partial charge in [0.15, 0.2) is 0 Å². The topological polar surface area (TPSA) is 57.5 Å². The van der Waals surface area contributed by atoms with E-state index in [1.165, 1.54) is 60.2 Å². The summed E-state index contributed by atoms with van der Waals surface area (Å²) in [5.74, 6) is 0.339. The molecule has 0 radical (unpaired) electrons. The Morgan fingerprint density at radius 2 is 1.52 bits per heavy atom. The molecule has 2 N–H and O–H groups in total. The second-order valence-electron chi connectivity index (χ2n) is 8.10. The van der Waals surface area contributed by atoms with Crippen LogP contribution in [0.15, 0.2) is 83.0 Å². The lowest BCUT2D eigenvalue weighted by atomic mass is 9.72. The van der Waals surface area contributed by atoms with Gasteiger partial charge in [-0.1, -0.05) is 55.4 Å². The van der Waals surface area contributed by atoms with Crippen molar-refractivity contribution in [1.82, 2.24) is 0 Å². The smallest absolute Gasteiger partial charge is 0.143 e.